The first-order valence-corrected chi connectivity index (χ1v) is 7.68. The molecule has 0 aliphatic heterocycles. The molecule has 24 heavy (non-hydrogen) atoms. The SMILES string of the molecule is CC(OC(=O)c1ccccc1[N+](=O)[O-])C(=O)Nc1ccc(Br)cc1. The molecule has 0 heterocycles. The first-order chi connectivity index (χ1) is 11.4. The topological polar surface area (TPSA) is 98.5 Å². The van der Waals surface area contributed by atoms with Gasteiger partial charge in [0.2, 0.25) is 0 Å². The molecule has 1 unspecified atom stereocenters. The summed E-state index contributed by atoms with van der Waals surface area (Å²) in [6.45, 7) is 1.39. The minimum absolute atomic E-state index is 0.203. The molecule has 2 aromatic rings. The molecule has 0 fully saturated rings. The van der Waals surface area contributed by atoms with Crippen LogP contribution in [-0.4, -0.2) is 22.9 Å². The number of benzene rings is 2. The first-order valence-electron chi connectivity index (χ1n) is 6.89. The second kappa shape index (κ2) is 7.69. The van der Waals surface area contributed by atoms with Gasteiger partial charge in [0.1, 0.15) is 5.56 Å². The van der Waals surface area contributed by atoms with Crippen LogP contribution in [0.2, 0.25) is 0 Å². The van der Waals surface area contributed by atoms with Crippen molar-refractivity contribution in [2.24, 2.45) is 0 Å². The van der Waals surface area contributed by atoms with E-state index in [1.54, 1.807) is 24.3 Å². The summed E-state index contributed by atoms with van der Waals surface area (Å²) >= 11 is 3.28. The van der Waals surface area contributed by atoms with Crippen LogP contribution < -0.4 is 5.32 Å². The second-order valence-electron chi connectivity index (χ2n) is 4.82. The van der Waals surface area contributed by atoms with Gasteiger partial charge in [0.15, 0.2) is 6.10 Å². The predicted octanol–water partition coefficient (Wildman–Crippen LogP) is 3.54. The van der Waals surface area contributed by atoms with Crippen molar-refractivity contribution in [3.8, 4) is 0 Å². The van der Waals surface area contributed by atoms with Gasteiger partial charge in [-0.25, -0.2) is 4.79 Å². The quantitative estimate of drug-likeness (QED) is 0.476. The molecular weight excluding hydrogens is 380 g/mol. The summed E-state index contributed by atoms with van der Waals surface area (Å²) in [6, 6.07) is 12.3. The van der Waals surface area contributed by atoms with Crippen molar-refractivity contribution in [3.63, 3.8) is 0 Å². The highest BCUT2D eigenvalue weighted by molar-refractivity contribution is 9.10. The number of ether oxygens (including phenoxy) is 1. The molecular formula is C16H13BrN2O5. The number of hydrogen-bond acceptors (Lipinski definition) is 5. The zero-order valence-corrected chi connectivity index (χ0v) is 14.1. The minimum atomic E-state index is -1.11. The Labute approximate surface area is 145 Å². The second-order valence-corrected chi connectivity index (χ2v) is 5.73. The smallest absolute Gasteiger partial charge is 0.345 e. The summed E-state index contributed by atoms with van der Waals surface area (Å²) in [5, 5.41) is 13.5. The molecule has 0 aliphatic carbocycles. The van der Waals surface area contributed by atoms with Crippen molar-refractivity contribution in [1.29, 1.82) is 0 Å². The summed E-state index contributed by atoms with van der Waals surface area (Å²) in [5.74, 6) is -1.47. The number of carbonyl (C=O) groups excluding carboxylic acids is 2. The predicted molar refractivity (Wildman–Crippen MR) is 90.7 cm³/mol. The van der Waals surface area contributed by atoms with Crippen LogP contribution in [0, 0.1) is 10.1 Å². The highest BCUT2D eigenvalue weighted by atomic mass is 79.9. The Hall–Kier alpha value is -2.74. The Morgan fingerprint density at radius 1 is 1.17 bits per heavy atom. The fourth-order valence-corrected chi connectivity index (χ4v) is 2.12. The summed E-state index contributed by atoms with van der Waals surface area (Å²) in [4.78, 5) is 34.4. The number of nitrogens with one attached hydrogen (secondary N) is 1. The molecule has 1 atom stereocenters. The normalized spacial score (nSPS) is 11.4. The lowest BCUT2D eigenvalue weighted by molar-refractivity contribution is -0.385. The number of nitrogens with zero attached hydrogens (tertiary/aromatic N) is 1. The molecule has 2 rings (SSSR count). The molecule has 0 aromatic heterocycles. The Bertz CT molecular complexity index is 776. The summed E-state index contributed by atoms with van der Waals surface area (Å²) < 4.78 is 5.88. The molecule has 0 aliphatic rings. The third-order valence-electron chi connectivity index (χ3n) is 3.09. The Balaban J connectivity index is 2.04. The van der Waals surface area contributed by atoms with Gasteiger partial charge in [0, 0.05) is 16.2 Å². The van der Waals surface area contributed by atoms with Gasteiger partial charge >= 0.3 is 5.97 Å². The number of hydrogen-bond donors (Lipinski definition) is 1. The number of nitro groups is 1. The first kappa shape index (κ1) is 17.6. The zero-order chi connectivity index (χ0) is 17.7. The van der Waals surface area contributed by atoms with Gasteiger partial charge < -0.3 is 10.1 Å². The summed E-state index contributed by atoms with van der Waals surface area (Å²) in [7, 11) is 0. The van der Waals surface area contributed by atoms with Crippen LogP contribution in [0.3, 0.4) is 0 Å². The molecule has 124 valence electrons. The molecule has 1 N–H and O–H groups in total. The van der Waals surface area contributed by atoms with Gasteiger partial charge in [-0.1, -0.05) is 28.1 Å². The monoisotopic (exact) mass is 392 g/mol. The average molecular weight is 393 g/mol. The molecule has 0 bridgehead atoms. The lowest BCUT2D eigenvalue weighted by atomic mass is 10.2. The third kappa shape index (κ3) is 4.39. The maximum Gasteiger partial charge on any atom is 0.345 e. The van der Waals surface area contributed by atoms with Crippen LogP contribution >= 0.6 is 15.9 Å². The van der Waals surface area contributed by atoms with Crippen molar-refractivity contribution < 1.29 is 19.2 Å². The van der Waals surface area contributed by atoms with E-state index in [-0.39, 0.29) is 11.3 Å². The van der Waals surface area contributed by atoms with E-state index in [1.165, 1.54) is 31.2 Å². The van der Waals surface area contributed by atoms with E-state index in [2.05, 4.69) is 21.2 Å². The highest BCUT2D eigenvalue weighted by Crippen LogP contribution is 2.19. The fraction of sp³-hybridized carbons (Fsp3) is 0.125. The average Bonchev–Trinajstić information content (AvgIpc) is 2.56. The molecule has 0 radical (unpaired) electrons. The molecule has 7 nitrogen and oxygen atoms in total. The molecule has 0 saturated carbocycles. The maximum absolute atomic E-state index is 12.1. The van der Waals surface area contributed by atoms with Crippen molar-refractivity contribution in [3.05, 3.63) is 68.7 Å². The number of halogens is 1. The van der Waals surface area contributed by atoms with Gasteiger partial charge in [-0.15, -0.1) is 0 Å². The van der Waals surface area contributed by atoms with Crippen molar-refractivity contribution in [2.45, 2.75) is 13.0 Å². The van der Waals surface area contributed by atoms with Gasteiger partial charge in [-0.3, -0.25) is 14.9 Å². The van der Waals surface area contributed by atoms with Crippen molar-refractivity contribution >= 4 is 39.2 Å². The van der Waals surface area contributed by atoms with E-state index in [0.29, 0.717) is 5.69 Å². The third-order valence-corrected chi connectivity index (χ3v) is 3.61. The van der Waals surface area contributed by atoms with Crippen LogP contribution in [0.4, 0.5) is 11.4 Å². The molecule has 0 saturated heterocycles. The van der Waals surface area contributed by atoms with Crippen LogP contribution in [0.1, 0.15) is 17.3 Å². The van der Waals surface area contributed by atoms with E-state index >= 15 is 0 Å². The lowest BCUT2D eigenvalue weighted by Gasteiger charge is -2.13. The number of amides is 1. The van der Waals surface area contributed by atoms with E-state index in [0.717, 1.165) is 4.47 Å². The van der Waals surface area contributed by atoms with Gasteiger partial charge in [0.05, 0.1) is 4.92 Å². The van der Waals surface area contributed by atoms with E-state index in [1.807, 2.05) is 0 Å². The zero-order valence-electron chi connectivity index (χ0n) is 12.6. The lowest BCUT2D eigenvalue weighted by Crippen LogP contribution is -2.30. The maximum atomic E-state index is 12.1. The number of carbonyl (C=O) groups is 2. The van der Waals surface area contributed by atoms with Crippen molar-refractivity contribution in [1.82, 2.24) is 0 Å². The van der Waals surface area contributed by atoms with E-state index in [9.17, 15) is 19.7 Å². The van der Waals surface area contributed by atoms with E-state index < -0.39 is 22.9 Å². The number of nitro benzene ring substituents is 1. The number of esters is 1. The molecule has 0 spiro atoms. The van der Waals surface area contributed by atoms with Gasteiger partial charge in [0.25, 0.3) is 11.6 Å². The minimum Gasteiger partial charge on any atom is -0.449 e. The Morgan fingerprint density at radius 2 is 1.79 bits per heavy atom. The highest BCUT2D eigenvalue weighted by Gasteiger charge is 2.24. The molecule has 1 amide bonds. The van der Waals surface area contributed by atoms with Crippen LogP contribution in [0.15, 0.2) is 53.0 Å². The van der Waals surface area contributed by atoms with Gasteiger partial charge in [-0.2, -0.15) is 0 Å². The fourth-order valence-electron chi connectivity index (χ4n) is 1.86. The standard InChI is InChI=1S/C16H13BrN2O5/c1-10(15(20)18-12-8-6-11(17)7-9-12)24-16(21)13-4-2-3-5-14(13)19(22)23/h2-10H,1H3,(H,18,20). The van der Waals surface area contributed by atoms with Crippen LogP contribution in [-0.2, 0) is 9.53 Å². The number of para-hydroxylation sites is 1. The molecule has 8 heteroatoms. The number of anilines is 1. The van der Waals surface area contributed by atoms with Crippen LogP contribution in [0.5, 0.6) is 0 Å². The summed E-state index contributed by atoms with van der Waals surface area (Å²) in [5.41, 5.74) is -0.0365. The molecule has 2 aromatic carbocycles. The Morgan fingerprint density at radius 3 is 2.42 bits per heavy atom. The van der Waals surface area contributed by atoms with E-state index in [4.69, 9.17) is 4.74 Å². The van der Waals surface area contributed by atoms with Crippen molar-refractivity contribution in [2.75, 3.05) is 5.32 Å². The van der Waals surface area contributed by atoms with Crippen LogP contribution in [0.25, 0.3) is 0 Å². The van der Waals surface area contributed by atoms with Gasteiger partial charge in [-0.05, 0) is 37.3 Å². The number of rotatable bonds is 5. The summed E-state index contributed by atoms with van der Waals surface area (Å²) in [6.07, 6.45) is -1.11. The Kier molecular flexibility index (Phi) is 5.64. The largest absolute Gasteiger partial charge is 0.449 e.